The molecular formula is C10H17N2O15P3. The largest absolute Gasteiger partial charge is 0.490 e. The summed E-state index contributed by atoms with van der Waals surface area (Å²) in [5.41, 5.74) is -1.88. The molecule has 6 atom stereocenters. The summed E-state index contributed by atoms with van der Waals surface area (Å²) in [6.45, 7) is -1.04. The van der Waals surface area contributed by atoms with Crippen molar-refractivity contribution in [2.45, 2.75) is 24.4 Å². The molecule has 0 aromatic carbocycles. The Morgan fingerprint density at radius 2 is 1.67 bits per heavy atom. The number of H-pyrrole nitrogens is 1. The van der Waals surface area contributed by atoms with Crippen molar-refractivity contribution in [1.29, 1.82) is 0 Å². The van der Waals surface area contributed by atoms with Gasteiger partial charge in [0, 0.05) is 13.2 Å². The molecule has 17 nitrogen and oxygen atoms in total. The van der Waals surface area contributed by atoms with E-state index in [1.165, 1.54) is 0 Å². The molecule has 2 rings (SSSR count). The highest BCUT2D eigenvalue weighted by molar-refractivity contribution is 7.66. The van der Waals surface area contributed by atoms with E-state index in [9.17, 15) is 38.4 Å². The molecule has 3 unspecified atom stereocenters. The molecule has 0 aliphatic carbocycles. The second kappa shape index (κ2) is 8.84. The molecule has 1 fully saturated rings. The first-order valence-corrected chi connectivity index (χ1v) is 12.1. The molecule has 0 bridgehead atoms. The second-order valence-electron chi connectivity index (χ2n) is 5.88. The monoisotopic (exact) mass is 498 g/mol. The number of phosphoric acid groups is 3. The van der Waals surface area contributed by atoms with Crippen LogP contribution in [0.3, 0.4) is 0 Å². The Hall–Kier alpha value is -1.03. The fourth-order valence-corrected chi connectivity index (χ4v) is 5.43. The number of phosphoric ester groups is 1. The van der Waals surface area contributed by atoms with Crippen molar-refractivity contribution in [3.8, 4) is 0 Å². The number of hydrogen-bond donors (Lipinski definition) is 7. The van der Waals surface area contributed by atoms with Crippen molar-refractivity contribution < 1.29 is 61.4 Å². The lowest BCUT2D eigenvalue weighted by atomic mass is 10.0. The van der Waals surface area contributed by atoms with E-state index in [4.69, 9.17) is 19.4 Å². The molecule has 7 N–H and O–H groups in total. The van der Waals surface area contributed by atoms with E-state index in [0.29, 0.717) is 4.57 Å². The number of hydrogen-bond acceptors (Lipinski definition) is 11. The summed E-state index contributed by atoms with van der Waals surface area (Å²) in [5.74, 6) is 0. The van der Waals surface area contributed by atoms with Gasteiger partial charge in [-0.05, 0) is 0 Å². The predicted molar refractivity (Wildman–Crippen MR) is 91.7 cm³/mol. The van der Waals surface area contributed by atoms with Crippen LogP contribution in [-0.2, 0) is 38.6 Å². The lowest BCUT2D eigenvalue weighted by molar-refractivity contribution is -0.0228. The summed E-state index contributed by atoms with van der Waals surface area (Å²) in [5, 5.41) is 20.1. The number of rotatable bonds is 8. The average Bonchev–Trinajstić information content (AvgIpc) is 2.83. The Kier molecular flexibility index (Phi) is 7.44. The van der Waals surface area contributed by atoms with Gasteiger partial charge in [0.15, 0.2) is 0 Å². The van der Waals surface area contributed by atoms with Crippen molar-refractivity contribution in [1.82, 2.24) is 9.55 Å². The minimum atomic E-state index is -5.73. The van der Waals surface area contributed by atoms with Crippen molar-refractivity contribution in [3.05, 3.63) is 32.6 Å². The fourth-order valence-electron chi connectivity index (χ4n) is 2.40. The third-order valence-corrected chi connectivity index (χ3v) is 7.50. The van der Waals surface area contributed by atoms with Gasteiger partial charge in [0.25, 0.3) is 5.56 Å². The molecule has 1 saturated heterocycles. The molecule has 1 aliphatic rings. The van der Waals surface area contributed by atoms with Gasteiger partial charge in [-0.3, -0.25) is 13.9 Å². The molecule has 0 spiro atoms. The van der Waals surface area contributed by atoms with E-state index in [0.717, 1.165) is 13.2 Å². The van der Waals surface area contributed by atoms with Crippen LogP contribution in [-0.4, -0.2) is 64.3 Å². The van der Waals surface area contributed by atoms with Crippen molar-refractivity contribution in [2.24, 2.45) is 7.05 Å². The summed E-state index contributed by atoms with van der Waals surface area (Å²) in [4.78, 5) is 61.1. The molecular weight excluding hydrogens is 481 g/mol. The average molecular weight is 498 g/mol. The van der Waals surface area contributed by atoms with Crippen LogP contribution >= 0.6 is 23.5 Å². The van der Waals surface area contributed by atoms with E-state index >= 15 is 0 Å². The smallest absolute Gasteiger partial charge is 0.387 e. The van der Waals surface area contributed by atoms with Gasteiger partial charge in [0.1, 0.15) is 24.4 Å². The highest BCUT2D eigenvalue weighted by atomic mass is 31.3. The second-order valence-corrected chi connectivity index (χ2v) is 10.3. The third kappa shape index (κ3) is 6.24. The zero-order valence-corrected chi connectivity index (χ0v) is 17.4. The van der Waals surface area contributed by atoms with Gasteiger partial charge in [0.2, 0.25) is 0 Å². The molecule has 0 radical (unpaired) electrons. The van der Waals surface area contributed by atoms with E-state index in [1.807, 2.05) is 0 Å². The van der Waals surface area contributed by atoms with Crippen LogP contribution in [0.1, 0.15) is 11.7 Å². The Labute approximate surface area is 165 Å². The van der Waals surface area contributed by atoms with Gasteiger partial charge in [-0.2, -0.15) is 8.62 Å². The Bertz CT molecular complexity index is 1040. The maximum Gasteiger partial charge on any atom is 0.490 e. The topological polar surface area (TPSA) is 264 Å². The lowest BCUT2D eigenvalue weighted by Gasteiger charge is -2.19. The molecule has 1 aromatic rings. The third-order valence-electron chi connectivity index (χ3n) is 3.69. The molecule has 0 saturated carbocycles. The first kappa shape index (κ1) is 25.2. The molecule has 1 aliphatic heterocycles. The maximum atomic E-state index is 12.1. The predicted octanol–water partition coefficient (Wildman–Crippen LogP) is -2.42. The van der Waals surface area contributed by atoms with Crippen LogP contribution in [0.5, 0.6) is 0 Å². The first-order chi connectivity index (χ1) is 13.5. The Morgan fingerprint density at radius 3 is 2.23 bits per heavy atom. The SMILES string of the molecule is Cn1c(=O)[nH]cc([C@@H]2O[C@H](COP(=O)(O)OP(=O)(O)OP(=O)(O)O)[C@H](O)C2O)c1=O. The van der Waals surface area contributed by atoms with Crippen LogP contribution in [0.2, 0.25) is 0 Å². The summed E-state index contributed by atoms with van der Waals surface area (Å²) in [6.07, 6.45) is -5.62. The molecule has 30 heavy (non-hydrogen) atoms. The number of aliphatic hydroxyl groups excluding tert-OH is 2. The number of aliphatic hydroxyl groups is 2. The van der Waals surface area contributed by atoms with Crippen LogP contribution in [0.4, 0.5) is 0 Å². The van der Waals surface area contributed by atoms with Gasteiger partial charge in [-0.25, -0.2) is 18.5 Å². The van der Waals surface area contributed by atoms with Crippen molar-refractivity contribution >= 4 is 23.5 Å². The van der Waals surface area contributed by atoms with Crippen LogP contribution in [0.15, 0.2) is 15.8 Å². The minimum Gasteiger partial charge on any atom is -0.387 e. The van der Waals surface area contributed by atoms with Crippen LogP contribution < -0.4 is 11.2 Å². The quantitative estimate of drug-likeness (QED) is 0.184. The Morgan fingerprint density at radius 1 is 1.07 bits per heavy atom. The molecule has 1 aromatic heterocycles. The van der Waals surface area contributed by atoms with Crippen LogP contribution in [0, 0.1) is 0 Å². The standard InChI is InChI=1S/C10H17N2O15P3/c1-12-9(15)4(2-11-10(12)16)8-7(14)6(13)5(25-8)3-24-29(20,21)27-30(22,23)26-28(17,18)19/h2,5-8,13-14H,3H2,1H3,(H,11,16)(H,20,21)(H,22,23)(H2,17,18,19)/t5-,6+,7?,8+/m1/s1. The molecule has 20 heteroatoms. The summed E-state index contributed by atoms with van der Waals surface area (Å²) < 4.78 is 50.8. The molecule has 172 valence electrons. The number of aromatic nitrogens is 2. The van der Waals surface area contributed by atoms with Crippen molar-refractivity contribution in [3.63, 3.8) is 0 Å². The molecule has 2 heterocycles. The van der Waals surface area contributed by atoms with Gasteiger partial charge >= 0.3 is 29.2 Å². The lowest BCUT2D eigenvalue weighted by Crippen LogP contribution is -2.37. The number of aromatic amines is 1. The number of nitrogens with one attached hydrogen (secondary N) is 1. The normalized spacial score (nSPS) is 28.8. The van der Waals surface area contributed by atoms with E-state index in [1.54, 1.807) is 0 Å². The maximum absolute atomic E-state index is 12.1. The number of ether oxygens (including phenoxy) is 1. The highest BCUT2D eigenvalue weighted by Crippen LogP contribution is 2.66. The van der Waals surface area contributed by atoms with Gasteiger partial charge in [-0.1, -0.05) is 0 Å². The van der Waals surface area contributed by atoms with E-state index < -0.39 is 65.7 Å². The zero-order valence-electron chi connectivity index (χ0n) is 14.7. The van der Waals surface area contributed by atoms with E-state index in [2.05, 4.69) is 18.1 Å². The van der Waals surface area contributed by atoms with Crippen LogP contribution in [0.25, 0.3) is 0 Å². The first-order valence-electron chi connectivity index (χ1n) is 7.61. The van der Waals surface area contributed by atoms with Gasteiger partial charge in [-0.15, -0.1) is 0 Å². The fraction of sp³-hybridized carbons (Fsp3) is 0.600. The number of nitrogens with zero attached hydrogens (tertiary/aromatic N) is 1. The zero-order chi connectivity index (χ0) is 23.1. The minimum absolute atomic E-state index is 0.260. The summed E-state index contributed by atoms with van der Waals surface area (Å²) in [6, 6.07) is 0. The van der Waals surface area contributed by atoms with Gasteiger partial charge in [0.05, 0.1) is 12.2 Å². The van der Waals surface area contributed by atoms with E-state index in [-0.39, 0.29) is 5.56 Å². The summed E-state index contributed by atoms with van der Waals surface area (Å²) in [7, 11) is -15.6. The highest BCUT2D eigenvalue weighted by Gasteiger charge is 2.47. The van der Waals surface area contributed by atoms with Crippen molar-refractivity contribution in [2.75, 3.05) is 6.61 Å². The molecule has 0 amide bonds. The van der Waals surface area contributed by atoms with Gasteiger partial charge < -0.3 is 39.5 Å². The Balaban J connectivity index is 2.09. The summed E-state index contributed by atoms with van der Waals surface area (Å²) >= 11 is 0.